The maximum atomic E-state index is 13.2. The minimum absolute atomic E-state index is 0.0360. The third kappa shape index (κ3) is 1.88. The van der Waals surface area contributed by atoms with Crippen molar-refractivity contribution in [3.05, 3.63) is 35.1 Å². The molecule has 14 heavy (non-hydrogen) atoms. The first-order valence-corrected chi connectivity index (χ1v) is 4.21. The van der Waals surface area contributed by atoms with Crippen molar-refractivity contribution in [2.24, 2.45) is 5.84 Å². The van der Waals surface area contributed by atoms with Crippen molar-refractivity contribution in [3.8, 4) is 0 Å². The second-order valence-electron chi connectivity index (χ2n) is 2.89. The fourth-order valence-electron chi connectivity index (χ4n) is 1.24. The van der Waals surface area contributed by atoms with E-state index in [1.165, 1.54) is 6.07 Å². The standard InChI is InChI=1S/C9H11F3N2/c1-2-7(14-13)5-3-4-6(10)9(12)8(5)11/h3-4,7,14H,2,13H2,1H3/t7-/m1/s1. The van der Waals surface area contributed by atoms with Gasteiger partial charge in [0.05, 0.1) is 0 Å². The van der Waals surface area contributed by atoms with E-state index in [0.717, 1.165) is 6.07 Å². The van der Waals surface area contributed by atoms with E-state index < -0.39 is 23.5 Å². The third-order valence-electron chi connectivity index (χ3n) is 2.05. The van der Waals surface area contributed by atoms with Crippen molar-refractivity contribution in [2.75, 3.05) is 0 Å². The fourth-order valence-corrected chi connectivity index (χ4v) is 1.24. The molecule has 0 heterocycles. The minimum Gasteiger partial charge on any atom is -0.271 e. The number of halogens is 3. The number of hydrazine groups is 1. The summed E-state index contributed by atoms with van der Waals surface area (Å²) < 4.78 is 38.5. The molecule has 0 aliphatic rings. The Kier molecular flexibility index (Phi) is 3.49. The van der Waals surface area contributed by atoms with Crippen LogP contribution in [0.15, 0.2) is 12.1 Å². The van der Waals surface area contributed by atoms with Gasteiger partial charge in [-0.2, -0.15) is 0 Å². The highest BCUT2D eigenvalue weighted by Crippen LogP contribution is 2.22. The van der Waals surface area contributed by atoms with Crippen LogP contribution >= 0.6 is 0 Å². The molecule has 0 saturated heterocycles. The average molecular weight is 204 g/mol. The highest BCUT2D eigenvalue weighted by molar-refractivity contribution is 5.23. The topological polar surface area (TPSA) is 38.0 Å². The fraction of sp³-hybridized carbons (Fsp3) is 0.333. The normalized spacial score (nSPS) is 12.9. The van der Waals surface area contributed by atoms with Crippen molar-refractivity contribution < 1.29 is 13.2 Å². The Bertz CT molecular complexity index is 324. The Balaban J connectivity index is 3.16. The SMILES string of the molecule is CC[C@@H](NN)c1ccc(F)c(F)c1F. The molecule has 0 aliphatic carbocycles. The van der Waals surface area contributed by atoms with Crippen LogP contribution in [0.3, 0.4) is 0 Å². The maximum absolute atomic E-state index is 13.2. The lowest BCUT2D eigenvalue weighted by Crippen LogP contribution is -2.28. The van der Waals surface area contributed by atoms with Crippen LogP contribution in [0.5, 0.6) is 0 Å². The molecule has 1 atom stereocenters. The van der Waals surface area contributed by atoms with Gasteiger partial charge < -0.3 is 0 Å². The maximum Gasteiger partial charge on any atom is 0.194 e. The molecule has 0 amide bonds. The van der Waals surface area contributed by atoms with E-state index in [2.05, 4.69) is 5.43 Å². The molecule has 0 spiro atoms. The zero-order chi connectivity index (χ0) is 10.7. The van der Waals surface area contributed by atoms with E-state index in [1.54, 1.807) is 6.92 Å². The summed E-state index contributed by atoms with van der Waals surface area (Å²) in [5.41, 5.74) is 2.36. The summed E-state index contributed by atoms with van der Waals surface area (Å²) in [4.78, 5) is 0. The molecule has 1 rings (SSSR count). The molecule has 0 unspecified atom stereocenters. The number of benzene rings is 1. The quantitative estimate of drug-likeness (QED) is 0.449. The number of rotatable bonds is 3. The van der Waals surface area contributed by atoms with Gasteiger partial charge in [-0.25, -0.2) is 13.2 Å². The van der Waals surface area contributed by atoms with Crippen LogP contribution in [-0.4, -0.2) is 0 Å². The molecule has 0 aliphatic heterocycles. The van der Waals surface area contributed by atoms with E-state index in [0.29, 0.717) is 6.42 Å². The molecule has 78 valence electrons. The third-order valence-corrected chi connectivity index (χ3v) is 2.05. The Morgan fingerprint density at radius 2 is 1.93 bits per heavy atom. The van der Waals surface area contributed by atoms with Crippen LogP contribution in [0.4, 0.5) is 13.2 Å². The van der Waals surface area contributed by atoms with E-state index in [1.807, 2.05) is 0 Å². The van der Waals surface area contributed by atoms with E-state index >= 15 is 0 Å². The smallest absolute Gasteiger partial charge is 0.194 e. The Morgan fingerprint density at radius 1 is 1.29 bits per heavy atom. The van der Waals surface area contributed by atoms with Crippen LogP contribution < -0.4 is 11.3 Å². The first-order chi connectivity index (χ1) is 6.61. The van der Waals surface area contributed by atoms with Gasteiger partial charge in [-0.05, 0) is 12.5 Å². The number of hydrogen-bond donors (Lipinski definition) is 2. The van der Waals surface area contributed by atoms with E-state index in [4.69, 9.17) is 5.84 Å². The summed E-state index contributed by atoms with van der Waals surface area (Å²) in [5.74, 6) is 1.30. The molecule has 0 bridgehead atoms. The second-order valence-corrected chi connectivity index (χ2v) is 2.89. The van der Waals surface area contributed by atoms with Crippen LogP contribution in [0.1, 0.15) is 24.9 Å². The van der Waals surface area contributed by atoms with Gasteiger partial charge in [0.15, 0.2) is 17.5 Å². The zero-order valence-electron chi connectivity index (χ0n) is 7.65. The van der Waals surface area contributed by atoms with Gasteiger partial charge in [0.2, 0.25) is 0 Å². The summed E-state index contributed by atoms with van der Waals surface area (Å²) in [6.07, 6.45) is 0.485. The highest BCUT2D eigenvalue weighted by atomic mass is 19.2. The monoisotopic (exact) mass is 204 g/mol. The number of nitrogens with one attached hydrogen (secondary N) is 1. The molecule has 5 heteroatoms. The van der Waals surface area contributed by atoms with Crippen LogP contribution in [-0.2, 0) is 0 Å². The molecule has 1 aromatic carbocycles. The van der Waals surface area contributed by atoms with Gasteiger partial charge in [-0.1, -0.05) is 13.0 Å². The second kappa shape index (κ2) is 4.43. The molecule has 0 aromatic heterocycles. The predicted octanol–water partition coefficient (Wildman–Crippen LogP) is 2.02. The van der Waals surface area contributed by atoms with Crippen LogP contribution in [0, 0.1) is 17.5 Å². The van der Waals surface area contributed by atoms with Crippen molar-refractivity contribution in [1.82, 2.24) is 5.43 Å². The minimum atomic E-state index is -1.46. The molecular weight excluding hydrogens is 193 g/mol. The van der Waals surface area contributed by atoms with Crippen molar-refractivity contribution in [3.63, 3.8) is 0 Å². The summed E-state index contributed by atoms with van der Waals surface area (Å²) in [7, 11) is 0. The average Bonchev–Trinajstić information content (AvgIpc) is 2.19. The van der Waals surface area contributed by atoms with Crippen molar-refractivity contribution in [2.45, 2.75) is 19.4 Å². The summed E-state index contributed by atoms with van der Waals surface area (Å²) >= 11 is 0. The van der Waals surface area contributed by atoms with Crippen molar-refractivity contribution in [1.29, 1.82) is 0 Å². The predicted molar refractivity (Wildman–Crippen MR) is 46.7 cm³/mol. The van der Waals surface area contributed by atoms with Crippen LogP contribution in [0.2, 0.25) is 0 Å². The first kappa shape index (κ1) is 11.0. The van der Waals surface area contributed by atoms with Gasteiger partial charge in [-0.3, -0.25) is 11.3 Å². The lowest BCUT2D eigenvalue weighted by atomic mass is 10.0. The van der Waals surface area contributed by atoms with Gasteiger partial charge in [0.25, 0.3) is 0 Å². The molecule has 3 N–H and O–H groups in total. The van der Waals surface area contributed by atoms with Gasteiger partial charge in [0.1, 0.15) is 0 Å². The molecule has 0 radical (unpaired) electrons. The van der Waals surface area contributed by atoms with E-state index in [9.17, 15) is 13.2 Å². The molecule has 0 fully saturated rings. The zero-order valence-corrected chi connectivity index (χ0v) is 7.65. The van der Waals surface area contributed by atoms with Crippen LogP contribution in [0.25, 0.3) is 0 Å². The van der Waals surface area contributed by atoms with Gasteiger partial charge >= 0.3 is 0 Å². The first-order valence-electron chi connectivity index (χ1n) is 4.21. The number of nitrogens with two attached hydrogens (primary N) is 1. The molecule has 0 saturated carbocycles. The number of hydrogen-bond acceptors (Lipinski definition) is 2. The summed E-state index contributed by atoms with van der Waals surface area (Å²) in [6.45, 7) is 1.76. The summed E-state index contributed by atoms with van der Waals surface area (Å²) in [6, 6.07) is 1.56. The molecule has 1 aromatic rings. The largest absolute Gasteiger partial charge is 0.271 e. The highest BCUT2D eigenvalue weighted by Gasteiger charge is 2.18. The Morgan fingerprint density at radius 3 is 2.43 bits per heavy atom. The molecular formula is C9H11F3N2. The Hall–Kier alpha value is -1.07. The summed E-state index contributed by atoms with van der Waals surface area (Å²) in [5, 5.41) is 0. The van der Waals surface area contributed by atoms with Gasteiger partial charge in [-0.15, -0.1) is 0 Å². The Labute approximate surface area is 79.9 Å². The lowest BCUT2D eigenvalue weighted by Gasteiger charge is -2.14. The van der Waals surface area contributed by atoms with Gasteiger partial charge in [0, 0.05) is 11.6 Å². The lowest BCUT2D eigenvalue weighted by molar-refractivity contribution is 0.423. The van der Waals surface area contributed by atoms with Crippen molar-refractivity contribution >= 4 is 0 Å². The van der Waals surface area contributed by atoms with E-state index in [-0.39, 0.29) is 5.56 Å². The molecule has 2 nitrogen and oxygen atoms in total.